The van der Waals surface area contributed by atoms with E-state index in [0.29, 0.717) is 10.0 Å². The fourth-order valence-corrected chi connectivity index (χ4v) is 1.53. The van der Waals surface area contributed by atoms with Crippen molar-refractivity contribution in [2.75, 3.05) is 0 Å². The lowest BCUT2D eigenvalue weighted by atomic mass is 10.3. The lowest BCUT2D eigenvalue weighted by molar-refractivity contribution is 0.0693. The van der Waals surface area contributed by atoms with E-state index in [1.54, 1.807) is 6.07 Å². The average Bonchev–Trinajstić information content (AvgIpc) is 2.34. The van der Waals surface area contributed by atoms with Crippen molar-refractivity contribution in [2.45, 2.75) is 0 Å². The van der Waals surface area contributed by atoms with Crippen LogP contribution in [0.2, 0.25) is 10.0 Å². The Balaban J connectivity index is 2.40. The molecule has 92 valence electrons. The fraction of sp³-hybridized carbons (Fsp3) is 0. The SMILES string of the molecule is O=C(O)c1ccnnc1Oc1cc(Cl)ccc1Cl. The standard InChI is InChI=1S/C11H6Cl2N2O3/c12-6-1-2-8(13)9(5-6)18-10-7(11(16)17)3-4-14-15-10/h1-5H,(H,16,17). The van der Waals surface area contributed by atoms with Gasteiger partial charge in [-0.1, -0.05) is 23.2 Å². The van der Waals surface area contributed by atoms with Gasteiger partial charge < -0.3 is 9.84 Å². The molecule has 1 heterocycles. The first-order valence-electron chi connectivity index (χ1n) is 4.76. The molecule has 0 amide bonds. The molecule has 1 aromatic heterocycles. The van der Waals surface area contributed by atoms with Gasteiger partial charge in [-0.3, -0.25) is 0 Å². The molecule has 0 aliphatic carbocycles. The number of benzene rings is 1. The van der Waals surface area contributed by atoms with E-state index in [9.17, 15) is 4.79 Å². The van der Waals surface area contributed by atoms with Gasteiger partial charge >= 0.3 is 5.97 Å². The van der Waals surface area contributed by atoms with Crippen molar-refractivity contribution in [3.63, 3.8) is 0 Å². The molecule has 0 fully saturated rings. The zero-order chi connectivity index (χ0) is 13.1. The number of rotatable bonds is 3. The monoisotopic (exact) mass is 284 g/mol. The molecule has 1 aromatic carbocycles. The molecule has 7 heteroatoms. The molecule has 0 aliphatic heterocycles. The molecule has 0 saturated heterocycles. The van der Waals surface area contributed by atoms with Crippen LogP contribution >= 0.6 is 23.2 Å². The summed E-state index contributed by atoms with van der Waals surface area (Å²) in [7, 11) is 0. The maximum Gasteiger partial charge on any atom is 0.341 e. The molecule has 0 aliphatic rings. The van der Waals surface area contributed by atoms with Crippen LogP contribution in [0, 0.1) is 0 Å². The van der Waals surface area contributed by atoms with Gasteiger partial charge in [-0.15, -0.1) is 5.10 Å². The molecule has 0 radical (unpaired) electrons. The summed E-state index contributed by atoms with van der Waals surface area (Å²) in [6.45, 7) is 0. The van der Waals surface area contributed by atoms with Gasteiger partial charge in [-0.25, -0.2) is 4.79 Å². The van der Waals surface area contributed by atoms with Crippen molar-refractivity contribution in [1.82, 2.24) is 10.2 Å². The first-order chi connectivity index (χ1) is 8.58. The smallest absolute Gasteiger partial charge is 0.341 e. The maximum atomic E-state index is 11.0. The Labute approximate surface area is 112 Å². The zero-order valence-electron chi connectivity index (χ0n) is 8.80. The number of nitrogens with zero attached hydrogens (tertiary/aromatic N) is 2. The molecule has 1 N–H and O–H groups in total. The predicted molar refractivity (Wildman–Crippen MR) is 65.5 cm³/mol. The highest BCUT2D eigenvalue weighted by Crippen LogP contribution is 2.31. The molecule has 0 saturated carbocycles. The van der Waals surface area contributed by atoms with Crippen LogP contribution < -0.4 is 4.74 Å². The van der Waals surface area contributed by atoms with Crippen LogP contribution in [0.3, 0.4) is 0 Å². The van der Waals surface area contributed by atoms with Gasteiger partial charge in [0.2, 0.25) is 0 Å². The van der Waals surface area contributed by atoms with Gasteiger partial charge in [0.05, 0.1) is 11.2 Å². The third-order valence-corrected chi connectivity index (χ3v) is 2.56. The Hall–Kier alpha value is -1.85. The average molecular weight is 285 g/mol. The fourth-order valence-electron chi connectivity index (χ4n) is 1.22. The van der Waals surface area contributed by atoms with E-state index in [1.165, 1.54) is 24.4 Å². The van der Waals surface area contributed by atoms with Crippen LogP contribution in [0.1, 0.15) is 10.4 Å². The number of carboxylic acids is 1. The van der Waals surface area contributed by atoms with Crippen LogP contribution in [0.25, 0.3) is 0 Å². The minimum atomic E-state index is -1.17. The molecular formula is C11H6Cl2N2O3. The van der Waals surface area contributed by atoms with Crippen molar-refractivity contribution in [3.05, 3.63) is 46.1 Å². The lowest BCUT2D eigenvalue weighted by Crippen LogP contribution is -2.03. The van der Waals surface area contributed by atoms with E-state index in [4.69, 9.17) is 33.0 Å². The van der Waals surface area contributed by atoms with Crippen molar-refractivity contribution < 1.29 is 14.6 Å². The van der Waals surface area contributed by atoms with Crippen molar-refractivity contribution in [1.29, 1.82) is 0 Å². The second kappa shape index (κ2) is 5.20. The Kier molecular flexibility index (Phi) is 3.64. The molecule has 2 aromatic rings. The number of halogens is 2. The van der Waals surface area contributed by atoms with Crippen LogP contribution in [0.15, 0.2) is 30.5 Å². The first-order valence-corrected chi connectivity index (χ1v) is 5.51. The Bertz CT molecular complexity index is 605. The van der Waals surface area contributed by atoms with Crippen molar-refractivity contribution >= 4 is 29.2 Å². The van der Waals surface area contributed by atoms with Gasteiger partial charge in [0.25, 0.3) is 5.88 Å². The third kappa shape index (κ3) is 2.69. The number of hydrogen-bond acceptors (Lipinski definition) is 4. The summed E-state index contributed by atoms with van der Waals surface area (Å²) in [6.07, 6.45) is 1.26. The Morgan fingerprint density at radius 1 is 1.28 bits per heavy atom. The first kappa shape index (κ1) is 12.6. The van der Waals surface area contributed by atoms with Crippen LogP contribution in [-0.2, 0) is 0 Å². The van der Waals surface area contributed by atoms with E-state index in [1.807, 2.05) is 0 Å². The lowest BCUT2D eigenvalue weighted by Gasteiger charge is -2.08. The van der Waals surface area contributed by atoms with Crippen LogP contribution in [-0.4, -0.2) is 21.3 Å². The molecule has 18 heavy (non-hydrogen) atoms. The topological polar surface area (TPSA) is 72.3 Å². The predicted octanol–water partition coefficient (Wildman–Crippen LogP) is 3.27. The normalized spacial score (nSPS) is 10.1. The number of aromatic carboxylic acids is 1. The van der Waals surface area contributed by atoms with E-state index < -0.39 is 5.97 Å². The highest BCUT2D eigenvalue weighted by Gasteiger charge is 2.15. The maximum absolute atomic E-state index is 11.0. The highest BCUT2D eigenvalue weighted by molar-refractivity contribution is 6.34. The number of carboxylic acid groups (broad SMARTS) is 1. The molecule has 0 spiro atoms. The molecule has 0 bridgehead atoms. The second-order valence-corrected chi connectivity index (χ2v) is 4.08. The summed E-state index contributed by atoms with van der Waals surface area (Å²) in [4.78, 5) is 11.0. The summed E-state index contributed by atoms with van der Waals surface area (Å²) in [5.74, 6) is -1.10. The quantitative estimate of drug-likeness (QED) is 0.936. The highest BCUT2D eigenvalue weighted by atomic mass is 35.5. The summed E-state index contributed by atoms with van der Waals surface area (Å²) in [5.41, 5.74) is -0.110. The van der Waals surface area contributed by atoms with E-state index in [-0.39, 0.29) is 17.2 Å². The summed E-state index contributed by atoms with van der Waals surface area (Å²) in [6, 6.07) is 5.87. The number of hydrogen-bond donors (Lipinski definition) is 1. The van der Waals surface area contributed by atoms with Gasteiger partial charge in [0, 0.05) is 11.1 Å². The molecule has 2 rings (SSSR count). The van der Waals surface area contributed by atoms with E-state index >= 15 is 0 Å². The molecule has 0 unspecified atom stereocenters. The Morgan fingerprint density at radius 3 is 2.78 bits per heavy atom. The van der Waals surface area contributed by atoms with Gasteiger partial charge in [0.15, 0.2) is 0 Å². The van der Waals surface area contributed by atoms with Crippen molar-refractivity contribution in [2.24, 2.45) is 0 Å². The Morgan fingerprint density at radius 2 is 2.06 bits per heavy atom. The number of ether oxygens (including phenoxy) is 1. The van der Waals surface area contributed by atoms with Crippen LogP contribution in [0.4, 0.5) is 0 Å². The zero-order valence-corrected chi connectivity index (χ0v) is 10.3. The minimum Gasteiger partial charge on any atom is -0.477 e. The number of carbonyl (C=O) groups is 1. The van der Waals surface area contributed by atoms with E-state index in [2.05, 4.69) is 10.2 Å². The van der Waals surface area contributed by atoms with Gasteiger partial charge in [-0.2, -0.15) is 5.10 Å². The van der Waals surface area contributed by atoms with Gasteiger partial charge in [0.1, 0.15) is 11.3 Å². The van der Waals surface area contributed by atoms with E-state index in [0.717, 1.165) is 0 Å². The second-order valence-electron chi connectivity index (χ2n) is 3.23. The van der Waals surface area contributed by atoms with Crippen molar-refractivity contribution in [3.8, 4) is 11.6 Å². The summed E-state index contributed by atoms with van der Waals surface area (Å²) < 4.78 is 5.31. The summed E-state index contributed by atoms with van der Waals surface area (Å²) >= 11 is 11.7. The molecule has 5 nitrogen and oxygen atoms in total. The molecular weight excluding hydrogens is 279 g/mol. The van der Waals surface area contributed by atoms with Gasteiger partial charge in [-0.05, 0) is 18.2 Å². The molecule has 0 atom stereocenters. The third-order valence-electron chi connectivity index (χ3n) is 2.02. The largest absolute Gasteiger partial charge is 0.477 e. The minimum absolute atomic E-state index is 0.110. The summed E-state index contributed by atoms with van der Waals surface area (Å²) in [5, 5.41) is 16.8. The number of aromatic nitrogens is 2. The van der Waals surface area contributed by atoms with Crippen LogP contribution in [0.5, 0.6) is 11.6 Å².